The molecule has 10 heteroatoms. The van der Waals surface area contributed by atoms with Gasteiger partial charge in [-0.2, -0.15) is 4.52 Å². The van der Waals surface area contributed by atoms with E-state index in [4.69, 9.17) is 9.47 Å². The average Bonchev–Trinajstić information content (AvgIpc) is 3.21. The van der Waals surface area contributed by atoms with E-state index in [1.54, 1.807) is 11.1 Å². The molecule has 3 aromatic heterocycles. The Kier molecular flexibility index (Phi) is 5.12. The number of aryl methyl sites for hydroxylation is 1. The third-order valence-electron chi connectivity index (χ3n) is 6.04. The largest absolute Gasteiger partial charge is 0.490 e. The third-order valence-corrected chi connectivity index (χ3v) is 6.04. The highest BCUT2D eigenvalue weighted by molar-refractivity contribution is 5.69. The van der Waals surface area contributed by atoms with Crippen LogP contribution in [0.15, 0.2) is 29.3 Å². The molecule has 2 aliphatic heterocycles. The Bertz CT molecular complexity index is 1260. The molecule has 0 unspecified atom stereocenters. The van der Waals surface area contributed by atoms with Crippen molar-refractivity contribution in [3.8, 4) is 5.75 Å². The molecular weight excluding hydrogens is 412 g/mol. The van der Waals surface area contributed by atoms with Gasteiger partial charge in [-0.3, -0.25) is 9.78 Å². The molecule has 0 aromatic carbocycles. The number of carbonyl (C=O) groups is 1. The monoisotopic (exact) mass is 436 g/mol. The van der Waals surface area contributed by atoms with Gasteiger partial charge in [-0.05, 0) is 25.5 Å². The van der Waals surface area contributed by atoms with Crippen molar-refractivity contribution in [3.05, 3.63) is 57.3 Å². The number of rotatable bonds is 5. The second-order valence-electron chi connectivity index (χ2n) is 7.99. The van der Waals surface area contributed by atoms with Crippen LogP contribution in [0.2, 0.25) is 0 Å². The highest BCUT2D eigenvalue weighted by Crippen LogP contribution is 2.28. The first-order chi connectivity index (χ1) is 15.5. The second-order valence-corrected chi connectivity index (χ2v) is 7.99. The molecule has 0 aliphatic carbocycles. The molecule has 1 saturated heterocycles. The zero-order valence-corrected chi connectivity index (χ0v) is 18.1. The molecule has 0 N–H and O–H groups in total. The number of hydrogen-bond donors (Lipinski definition) is 0. The summed E-state index contributed by atoms with van der Waals surface area (Å²) in [5.41, 5.74) is 4.42. The van der Waals surface area contributed by atoms with Crippen LogP contribution in [0.5, 0.6) is 5.75 Å². The van der Waals surface area contributed by atoms with Gasteiger partial charge in [0.15, 0.2) is 11.5 Å². The van der Waals surface area contributed by atoms with Crippen molar-refractivity contribution >= 4 is 17.6 Å². The highest BCUT2D eigenvalue weighted by Gasteiger charge is 2.24. The standard InChI is InChI=1S/C22H24N6O4/c1-14-15(2)21(25-28-19(29)3-5-23-20(14)28)27-6-4-18-16(13-27)11-17(12-24-18)31-9-7-26-8-10-32-22(26)30/h3,5,11-12H,4,6-10,13H2,1-2H3. The second kappa shape index (κ2) is 8.10. The first kappa shape index (κ1) is 20.2. The van der Waals surface area contributed by atoms with Crippen LogP contribution >= 0.6 is 0 Å². The summed E-state index contributed by atoms with van der Waals surface area (Å²) in [7, 11) is 0. The Morgan fingerprint density at radius 3 is 2.84 bits per heavy atom. The maximum Gasteiger partial charge on any atom is 0.410 e. The average molecular weight is 436 g/mol. The maximum absolute atomic E-state index is 12.3. The molecule has 0 saturated carbocycles. The van der Waals surface area contributed by atoms with Gasteiger partial charge in [0.1, 0.15) is 19.0 Å². The molecule has 32 heavy (non-hydrogen) atoms. The van der Waals surface area contributed by atoms with E-state index in [9.17, 15) is 9.59 Å². The predicted octanol–water partition coefficient (Wildman–Crippen LogP) is 1.50. The number of cyclic esters (lactones) is 1. The topological polar surface area (TPSA) is 102 Å². The quantitative estimate of drug-likeness (QED) is 0.593. The van der Waals surface area contributed by atoms with Crippen LogP contribution < -0.4 is 15.2 Å². The van der Waals surface area contributed by atoms with Gasteiger partial charge in [-0.15, -0.1) is 5.10 Å². The van der Waals surface area contributed by atoms with Crippen molar-refractivity contribution in [1.82, 2.24) is 24.5 Å². The molecule has 0 bridgehead atoms. The maximum atomic E-state index is 12.3. The summed E-state index contributed by atoms with van der Waals surface area (Å²) >= 11 is 0. The van der Waals surface area contributed by atoms with Crippen molar-refractivity contribution in [1.29, 1.82) is 0 Å². The summed E-state index contributed by atoms with van der Waals surface area (Å²) in [6.45, 7) is 7.22. The van der Waals surface area contributed by atoms with Crippen LogP contribution in [-0.2, 0) is 17.7 Å². The Labute approximate surface area is 184 Å². The fraction of sp³-hybridized carbons (Fsp3) is 0.409. The number of fused-ring (bicyclic) bond motifs is 2. The Hall–Kier alpha value is -3.69. The Morgan fingerprint density at radius 1 is 1.16 bits per heavy atom. The van der Waals surface area contributed by atoms with Gasteiger partial charge < -0.3 is 19.3 Å². The lowest BCUT2D eigenvalue weighted by atomic mass is 10.0. The van der Waals surface area contributed by atoms with E-state index in [0.717, 1.165) is 41.2 Å². The number of aromatic nitrogens is 4. The van der Waals surface area contributed by atoms with Crippen molar-refractivity contribution in [2.75, 3.05) is 37.7 Å². The molecule has 5 rings (SSSR count). The van der Waals surface area contributed by atoms with Crippen LogP contribution in [-0.4, -0.2) is 63.4 Å². The van der Waals surface area contributed by atoms with E-state index in [1.807, 2.05) is 19.9 Å². The Morgan fingerprint density at radius 2 is 2.03 bits per heavy atom. The van der Waals surface area contributed by atoms with E-state index in [2.05, 4.69) is 20.0 Å². The summed E-state index contributed by atoms with van der Waals surface area (Å²) in [4.78, 5) is 36.5. The molecule has 1 fully saturated rings. The van der Waals surface area contributed by atoms with Crippen LogP contribution in [0.25, 0.3) is 5.65 Å². The normalized spacial score (nSPS) is 15.8. The van der Waals surface area contributed by atoms with Gasteiger partial charge in [0, 0.05) is 48.6 Å². The molecule has 10 nitrogen and oxygen atoms in total. The van der Waals surface area contributed by atoms with Gasteiger partial charge in [-0.1, -0.05) is 0 Å². The van der Waals surface area contributed by atoms with E-state index in [0.29, 0.717) is 44.2 Å². The van der Waals surface area contributed by atoms with Crippen LogP contribution in [0.4, 0.5) is 10.6 Å². The first-order valence-electron chi connectivity index (χ1n) is 10.6. The summed E-state index contributed by atoms with van der Waals surface area (Å²) in [5, 5.41) is 4.62. The van der Waals surface area contributed by atoms with Gasteiger partial charge in [-0.25, -0.2) is 9.78 Å². The fourth-order valence-corrected chi connectivity index (χ4v) is 4.13. The smallest absolute Gasteiger partial charge is 0.410 e. The molecule has 5 heterocycles. The lowest BCUT2D eigenvalue weighted by Gasteiger charge is -2.31. The van der Waals surface area contributed by atoms with Crippen molar-refractivity contribution in [2.24, 2.45) is 0 Å². The number of pyridine rings is 1. The predicted molar refractivity (Wildman–Crippen MR) is 116 cm³/mol. The number of carbonyl (C=O) groups excluding carboxylic acids is 1. The fourth-order valence-electron chi connectivity index (χ4n) is 4.13. The third kappa shape index (κ3) is 3.61. The first-order valence-corrected chi connectivity index (χ1v) is 10.6. The number of anilines is 1. The minimum atomic E-state index is -0.296. The molecule has 0 spiro atoms. The van der Waals surface area contributed by atoms with E-state index >= 15 is 0 Å². The molecule has 3 aromatic rings. The van der Waals surface area contributed by atoms with E-state index < -0.39 is 0 Å². The highest BCUT2D eigenvalue weighted by atomic mass is 16.6. The summed E-state index contributed by atoms with van der Waals surface area (Å²) < 4.78 is 12.1. The molecular formula is C22H24N6O4. The minimum Gasteiger partial charge on any atom is -0.490 e. The van der Waals surface area contributed by atoms with E-state index in [-0.39, 0.29) is 11.7 Å². The lowest BCUT2D eigenvalue weighted by Crippen LogP contribution is -2.34. The van der Waals surface area contributed by atoms with Crippen molar-refractivity contribution in [2.45, 2.75) is 26.8 Å². The number of ether oxygens (including phenoxy) is 2. The van der Waals surface area contributed by atoms with Crippen molar-refractivity contribution in [3.63, 3.8) is 0 Å². The van der Waals surface area contributed by atoms with Gasteiger partial charge in [0.05, 0.1) is 19.3 Å². The van der Waals surface area contributed by atoms with Gasteiger partial charge in [0.25, 0.3) is 5.56 Å². The number of hydrogen-bond acceptors (Lipinski definition) is 8. The zero-order valence-electron chi connectivity index (χ0n) is 18.1. The van der Waals surface area contributed by atoms with E-state index in [1.165, 1.54) is 16.8 Å². The SMILES string of the molecule is Cc1c(N2CCc3ncc(OCCN4CCOC4=O)cc3C2)nn2c(=O)ccnc2c1C. The Balaban J connectivity index is 1.36. The molecule has 0 atom stereocenters. The summed E-state index contributed by atoms with van der Waals surface area (Å²) in [6.07, 6.45) is 3.72. The molecule has 1 amide bonds. The van der Waals surface area contributed by atoms with Gasteiger partial charge in [0.2, 0.25) is 0 Å². The minimum absolute atomic E-state index is 0.198. The molecule has 166 valence electrons. The van der Waals surface area contributed by atoms with Crippen LogP contribution in [0, 0.1) is 13.8 Å². The molecule has 2 aliphatic rings. The van der Waals surface area contributed by atoms with Crippen LogP contribution in [0.1, 0.15) is 22.4 Å². The van der Waals surface area contributed by atoms with Gasteiger partial charge >= 0.3 is 6.09 Å². The molecule has 0 radical (unpaired) electrons. The number of amides is 1. The van der Waals surface area contributed by atoms with Crippen LogP contribution in [0.3, 0.4) is 0 Å². The summed E-state index contributed by atoms with van der Waals surface area (Å²) in [6, 6.07) is 3.41. The zero-order chi connectivity index (χ0) is 22.2. The van der Waals surface area contributed by atoms with Crippen molar-refractivity contribution < 1.29 is 14.3 Å². The number of nitrogens with zero attached hydrogens (tertiary/aromatic N) is 6. The summed E-state index contributed by atoms with van der Waals surface area (Å²) in [5.74, 6) is 1.44. The lowest BCUT2D eigenvalue weighted by molar-refractivity contribution is 0.153.